The smallest absolute Gasteiger partial charge is 0.267 e. The highest BCUT2D eigenvalue weighted by Crippen LogP contribution is 2.35. The molecule has 0 N–H and O–H groups in total. The molecule has 0 amide bonds. The zero-order chi connectivity index (χ0) is 15.2. The maximum atomic E-state index is 13.3. The van der Waals surface area contributed by atoms with E-state index >= 15 is 0 Å². The first-order valence-corrected chi connectivity index (χ1v) is 8.44. The Labute approximate surface area is 131 Å². The van der Waals surface area contributed by atoms with Crippen molar-refractivity contribution in [1.29, 1.82) is 0 Å². The summed E-state index contributed by atoms with van der Waals surface area (Å²) in [4.78, 5) is 11.3. The van der Waals surface area contributed by atoms with Gasteiger partial charge in [-0.2, -0.15) is 0 Å². The fourth-order valence-electron chi connectivity index (χ4n) is 2.77. The number of hydrogen-bond acceptors (Lipinski definition) is 5. The van der Waals surface area contributed by atoms with Crippen LogP contribution in [-0.4, -0.2) is 35.6 Å². The monoisotopic (exact) mass is 325 g/mol. The molecule has 2 fully saturated rings. The zero-order valence-corrected chi connectivity index (χ0v) is 12.9. The molecule has 1 saturated carbocycles. The van der Waals surface area contributed by atoms with E-state index < -0.39 is 5.92 Å². The van der Waals surface area contributed by atoms with Gasteiger partial charge in [0.25, 0.3) is 5.92 Å². The lowest BCUT2D eigenvalue weighted by Gasteiger charge is -2.24. The van der Waals surface area contributed by atoms with E-state index in [1.807, 2.05) is 12.1 Å². The summed E-state index contributed by atoms with van der Waals surface area (Å²) in [5.41, 5.74) is 0.742. The Morgan fingerprint density at radius 1 is 1.32 bits per heavy atom. The Morgan fingerprint density at radius 3 is 2.86 bits per heavy atom. The zero-order valence-electron chi connectivity index (χ0n) is 12.1. The van der Waals surface area contributed by atoms with Crippen molar-refractivity contribution in [1.82, 2.24) is 9.97 Å². The number of thiazole rings is 1. The molecule has 2 aromatic heterocycles. The molecule has 118 valence electrons. The number of alkyl halides is 2. The number of aromatic nitrogens is 2. The SMILES string of the molecule is FC1(F)CCN(c2nc3ccc(OCC4CCC4)nc3s2)C1. The van der Waals surface area contributed by atoms with Crippen LogP contribution in [0, 0.1) is 5.92 Å². The van der Waals surface area contributed by atoms with Crippen molar-refractivity contribution in [3.05, 3.63) is 12.1 Å². The highest BCUT2D eigenvalue weighted by Gasteiger charge is 2.39. The van der Waals surface area contributed by atoms with Crippen molar-refractivity contribution in [3.8, 4) is 5.88 Å². The van der Waals surface area contributed by atoms with E-state index in [2.05, 4.69) is 9.97 Å². The van der Waals surface area contributed by atoms with Crippen LogP contribution in [0.25, 0.3) is 10.3 Å². The van der Waals surface area contributed by atoms with Gasteiger partial charge < -0.3 is 9.64 Å². The summed E-state index contributed by atoms with van der Waals surface area (Å²) in [5, 5.41) is 0.621. The quantitative estimate of drug-likeness (QED) is 0.859. The van der Waals surface area contributed by atoms with E-state index in [0.717, 1.165) is 10.3 Å². The van der Waals surface area contributed by atoms with E-state index in [1.165, 1.54) is 30.6 Å². The molecule has 7 heteroatoms. The lowest BCUT2D eigenvalue weighted by molar-refractivity contribution is 0.0257. The summed E-state index contributed by atoms with van der Waals surface area (Å²) in [6, 6.07) is 3.66. The van der Waals surface area contributed by atoms with Crippen LogP contribution in [-0.2, 0) is 0 Å². The van der Waals surface area contributed by atoms with Gasteiger partial charge >= 0.3 is 0 Å². The third kappa shape index (κ3) is 2.74. The molecule has 4 nitrogen and oxygen atoms in total. The molecule has 4 rings (SSSR count). The van der Waals surface area contributed by atoms with Crippen molar-refractivity contribution < 1.29 is 13.5 Å². The minimum atomic E-state index is -2.61. The number of rotatable bonds is 4. The summed E-state index contributed by atoms with van der Waals surface area (Å²) >= 11 is 1.35. The summed E-state index contributed by atoms with van der Waals surface area (Å²) in [7, 11) is 0. The van der Waals surface area contributed by atoms with Crippen LogP contribution < -0.4 is 9.64 Å². The molecule has 2 aliphatic rings. The summed E-state index contributed by atoms with van der Waals surface area (Å²) in [6.45, 7) is 0.804. The molecule has 0 radical (unpaired) electrons. The summed E-state index contributed by atoms with van der Waals surface area (Å²) < 4.78 is 32.3. The Bertz CT molecular complexity index is 686. The van der Waals surface area contributed by atoms with Gasteiger partial charge in [0.2, 0.25) is 5.88 Å². The third-order valence-electron chi connectivity index (χ3n) is 4.35. The number of pyridine rings is 1. The molecular formula is C15H17F2N3OS. The number of fused-ring (bicyclic) bond motifs is 1. The standard InChI is InChI=1S/C15H17F2N3OS/c16-15(17)6-7-20(9-15)14-18-11-4-5-12(19-13(11)22-14)21-8-10-2-1-3-10/h4-5,10H,1-3,6-9H2. The van der Waals surface area contributed by atoms with Crippen molar-refractivity contribution in [2.75, 3.05) is 24.6 Å². The Morgan fingerprint density at radius 2 is 2.18 bits per heavy atom. The lowest BCUT2D eigenvalue weighted by Crippen LogP contribution is -2.24. The first kappa shape index (κ1) is 14.1. The molecule has 22 heavy (non-hydrogen) atoms. The van der Waals surface area contributed by atoms with Gasteiger partial charge in [0, 0.05) is 19.0 Å². The first-order chi connectivity index (χ1) is 10.6. The normalized spacial score (nSPS) is 21.3. The maximum Gasteiger partial charge on any atom is 0.267 e. The molecule has 0 spiro atoms. The van der Waals surface area contributed by atoms with Gasteiger partial charge in [-0.15, -0.1) is 0 Å². The maximum absolute atomic E-state index is 13.3. The molecule has 2 aromatic rings. The Kier molecular flexibility index (Phi) is 3.40. The highest BCUT2D eigenvalue weighted by atomic mass is 32.1. The second-order valence-electron chi connectivity index (χ2n) is 6.11. The average Bonchev–Trinajstić information content (AvgIpc) is 2.99. The second-order valence-corrected chi connectivity index (χ2v) is 7.06. The van der Waals surface area contributed by atoms with Crippen LogP contribution in [0.3, 0.4) is 0 Å². The topological polar surface area (TPSA) is 38.2 Å². The van der Waals surface area contributed by atoms with E-state index in [4.69, 9.17) is 4.74 Å². The van der Waals surface area contributed by atoms with Crippen molar-refractivity contribution in [2.24, 2.45) is 5.92 Å². The van der Waals surface area contributed by atoms with Gasteiger partial charge in [0.1, 0.15) is 10.3 Å². The summed E-state index contributed by atoms with van der Waals surface area (Å²) in [5.74, 6) is -1.36. The largest absolute Gasteiger partial charge is 0.477 e. The molecular weight excluding hydrogens is 308 g/mol. The predicted molar refractivity (Wildman–Crippen MR) is 82.0 cm³/mol. The average molecular weight is 325 g/mol. The lowest BCUT2D eigenvalue weighted by atomic mass is 9.86. The molecule has 1 saturated heterocycles. The Hall–Kier alpha value is -1.50. The first-order valence-electron chi connectivity index (χ1n) is 7.62. The Balaban J connectivity index is 1.50. The number of anilines is 1. The van der Waals surface area contributed by atoms with E-state index in [-0.39, 0.29) is 13.0 Å². The minimum absolute atomic E-state index is 0.105. The molecule has 0 unspecified atom stereocenters. The van der Waals surface area contributed by atoms with Crippen LogP contribution >= 0.6 is 11.3 Å². The van der Waals surface area contributed by atoms with Gasteiger partial charge in [-0.05, 0) is 24.8 Å². The van der Waals surface area contributed by atoms with Crippen molar-refractivity contribution >= 4 is 26.8 Å². The molecule has 1 aliphatic heterocycles. The number of hydrogen-bond donors (Lipinski definition) is 0. The number of ether oxygens (including phenoxy) is 1. The van der Waals surface area contributed by atoms with Crippen LogP contribution in [0.4, 0.5) is 13.9 Å². The van der Waals surface area contributed by atoms with Crippen LogP contribution in [0.5, 0.6) is 5.88 Å². The summed E-state index contributed by atoms with van der Waals surface area (Å²) in [6.07, 6.45) is 3.65. The molecule has 1 aliphatic carbocycles. The van der Waals surface area contributed by atoms with Gasteiger partial charge in [-0.25, -0.2) is 18.7 Å². The number of nitrogens with zero attached hydrogens (tertiary/aromatic N) is 3. The van der Waals surface area contributed by atoms with Crippen LogP contribution in [0.2, 0.25) is 0 Å². The van der Waals surface area contributed by atoms with Gasteiger partial charge in [-0.3, -0.25) is 0 Å². The van der Waals surface area contributed by atoms with E-state index in [0.29, 0.717) is 30.1 Å². The number of halogens is 2. The molecule has 0 bridgehead atoms. The minimum Gasteiger partial charge on any atom is -0.477 e. The predicted octanol–water partition coefficient (Wildman–Crippen LogP) is 3.72. The van der Waals surface area contributed by atoms with E-state index in [1.54, 1.807) is 4.90 Å². The van der Waals surface area contributed by atoms with Crippen molar-refractivity contribution in [3.63, 3.8) is 0 Å². The third-order valence-corrected chi connectivity index (χ3v) is 5.38. The molecule has 0 atom stereocenters. The molecule has 3 heterocycles. The fraction of sp³-hybridized carbons (Fsp3) is 0.600. The fourth-order valence-corrected chi connectivity index (χ4v) is 3.72. The van der Waals surface area contributed by atoms with Crippen molar-refractivity contribution in [2.45, 2.75) is 31.6 Å². The van der Waals surface area contributed by atoms with Gasteiger partial charge in [0.15, 0.2) is 5.13 Å². The van der Waals surface area contributed by atoms with Crippen LogP contribution in [0.1, 0.15) is 25.7 Å². The van der Waals surface area contributed by atoms with Gasteiger partial charge in [-0.1, -0.05) is 17.8 Å². The second kappa shape index (κ2) is 5.30. The molecule has 0 aromatic carbocycles. The highest BCUT2D eigenvalue weighted by molar-refractivity contribution is 7.21. The van der Waals surface area contributed by atoms with Crippen LogP contribution in [0.15, 0.2) is 12.1 Å². The van der Waals surface area contributed by atoms with Gasteiger partial charge in [0.05, 0.1) is 13.2 Å². The van der Waals surface area contributed by atoms with E-state index in [9.17, 15) is 8.78 Å².